The first-order valence-corrected chi connectivity index (χ1v) is 5.77. The number of ether oxygens (including phenoxy) is 1. The quantitative estimate of drug-likeness (QED) is 0.531. The molecule has 7 heteroatoms. The van der Waals surface area contributed by atoms with E-state index in [1.165, 1.54) is 0 Å². The predicted octanol–water partition coefficient (Wildman–Crippen LogP) is 0.744. The van der Waals surface area contributed by atoms with E-state index >= 15 is 0 Å². The minimum Gasteiger partial charge on any atom is -0.467 e. The molecule has 1 N–H and O–H groups in total. The van der Waals surface area contributed by atoms with Gasteiger partial charge < -0.3 is 18.9 Å². The third-order valence-corrected chi connectivity index (χ3v) is 3.38. The molecule has 6 nitrogen and oxygen atoms in total. The molecule has 0 heterocycles. The Labute approximate surface area is 82.7 Å². The molecule has 0 rings (SSSR count). The molecule has 84 valence electrons. The molecule has 0 radical (unpaired) electrons. The molecule has 0 aromatic rings. The van der Waals surface area contributed by atoms with Gasteiger partial charge >= 0.3 is 13.6 Å². The summed E-state index contributed by atoms with van der Waals surface area (Å²) in [6, 6.07) is 0. The smallest absolute Gasteiger partial charge is 0.370 e. The van der Waals surface area contributed by atoms with Crippen LogP contribution in [-0.2, 0) is 23.1 Å². The van der Waals surface area contributed by atoms with Crippen LogP contribution in [0.15, 0.2) is 0 Å². The second-order valence-electron chi connectivity index (χ2n) is 2.27. The zero-order valence-corrected chi connectivity index (χ0v) is 9.32. The molecule has 0 saturated carbocycles. The van der Waals surface area contributed by atoms with Crippen LogP contribution in [0.3, 0.4) is 0 Å². The number of methoxy groups -OCH3 is 1. The SMILES string of the molecule is CCOP(=O)(OCC)C(O)C(=O)OC. The van der Waals surface area contributed by atoms with Crippen molar-refractivity contribution in [1.82, 2.24) is 0 Å². The summed E-state index contributed by atoms with van der Waals surface area (Å²) in [7, 11) is -2.72. The number of carbonyl (C=O) groups excluding carboxylic acids is 1. The zero-order valence-electron chi connectivity index (χ0n) is 8.43. The first-order valence-electron chi connectivity index (χ1n) is 4.16. The van der Waals surface area contributed by atoms with Crippen LogP contribution in [0.4, 0.5) is 0 Å². The molecule has 0 bridgehead atoms. The van der Waals surface area contributed by atoms with Gasteiger partial charge in [-0.05, 0) is 13.8 Å². The second-order valence-corrected chi connectivity index (χ2v) is 4.36. The third-order valence-electron chi connectivity index (χ3n) is 1.33. The average Bonchev–Trinajstić information content (AvgIpc) is 2.16. The Bertz CT molecular complexity index is 218. The van der Waals surface area contributed by atoms with Gasteiger partial charge in [0.15, 0.2) is 0 Å². The van der Waals surface area contributed by atoms with Crippen LogP contribution in [0, 0.1) is 0 Å². The molecule has 0 aromatic carbocycles. The Morgan fingerprint density at radius 3 is 2.07 bits per heavy atom. The summed E-state index contributed by atoms with van der Waals surface area (Å²) >= 11 is 0. The highest BCUT2D eigenvalue weighted by Gasteiger charge is 2.40. The summed E-state index contributed by atoms with van der Waals surface area (Å²) in [6.07, 6.45) is 0. The van der Waals surface area contributed by atoms with Crippen molar-refractivity contribution >= 4 is 13.6 Å². The van der Waals surface area contributed by atoms with Crippen molar-refractivity contribution in [2.75, 3.05) is 20.3 Å². The maximum atomic E-state index is 11.7. The van der Waals surface area contributed by atoms with Gasteiger partial charge in [-0.2, -0.15) is 0 Å². The Kier molecular flexibility index (Phi) is 5.95. The highest BCUT2D eigenvalue weighted by atomic mass is 31.2. The van der Waals surface area contributed by atoms with E-state index in [-0.39, 0.29) is 13.2 Å². The highest BCUT2D eigenvalue weighted by Crippen LogP contribution is 2.52. The summed E-state index contributed by atoms with van der Waals surface area (Å²) in [5, 5.41) is 9.31. The molecule has 1 unspecified atom stereocenters. The van der Waals surface area contributed by atoms with Crippen molar-refractivity contribution in [3.63, 3.8) is 0 Å². The van der Waals surface area contributed by atoms with Gasteiger partial charge in [0.2, 0.25) is 0 Å². The van der Waals surface area contributed by atoms with E-state index < -0.39 is 19.4 Å². The minimum absolute atomic E-state index is 0.0747. The van der Waals surface area contributed by atoms with Gasteiger partial charge in [-0.3, -0.25) is 4.57 Å². The molecule has 0 spiro atoms. The standard InChI is InChI=1S/C7H15O6P/c1-4-12-14(10,13-5-2)7(9)6(8)11-3/h7,9H,4-5H2,1-3H3. The lowest BCUT2D eigenvalue weighted by Crippen LogP contribution is -2.24. The van der Waals surface area contributed by atoms with Gasteiger partial charge in [0.05, 0.1) is 20.3 Å². The number of hydrogen-bond donors (Lipinski definition) is 1. The van der Waals surface area contributed by atoms with Crippen molar-refractivity contribution < 1.29 is 28.3 Å². The van der Waals surface area contributed by atoms with Gasteiger partial charge in [0.1, 0.15) is 0 Å². The van der Waals surface area contributed by atoms with Gasteiger partial charge in [-0.25, -0.2) is 4.79 Å². The van der Waals surface area contributed by atoms with Crippen LogP contribution in [0.5, 0.6) is 0 Å². The lowest BCUT2D eigenvalue weighted by Gasteiger charge is -2.20. The van der Waals surface area contributed by atoms with Crippen LogP contribution < -0.4 is 0 Å². The average molecular weight is 226 g/mol. The van der Waals surface area contributed by atoms with E-state index in [9.17, 15) is 14.5 Å². The van der Waals surface area contributed by atoms with E-state index in [4.69, 9.17) is 9.05 Å². The predicted molar refractivity (Wildman–Crippen MR) is 48.9 cm³/mol. The molecule has 1 atom stereocenters. The molecule has 0 amide bonds. The number of hydrogen-bond acceptors (Lipinski definition) is 6. The van der Waals surface area contributed by atoms with Crippen LogP contribution >= 0.6 is 7.60 Å². The summed E-state index contributed by atoms with van der Waals surface area (Å²) in [6.45, 7) is 3.31. The molecular formula is C7H15O6P. The van der Waals surface area contributed by atoms with Crippen LogP contribution in [-0.4, -0.2) is 37.2 Å². The number of aliphatic hydroxyl groups is 1. The Morgan fingerprint density at radius 2 is 1.79 bits per heavy atom. The molecular weight excluding hydrogens is 211 g/mol. The van der Waals surface area contributed by atoms with Gasteiger partial charge in [0, 0.05) is 0 Å². The van der Waals surface area contributed by atoms with Gasteiger partial charge in [-0.1, -0.05) is 0 Å². The summed E-state index contributed by atoms with van der Waals surface area (Å²) in [5.74, 6) is -2.91. The van der Waals surface area contributed by atoms with Crippen LogP contribution in [0.1, 0.15) is 13.8 Å². The molecule has 14 heavy (non-hydrogen) atoms. The Hall–Kier alpha value is -0.420. The monoisotopic (exact) mass is 226 g/mol. The lowest BCUT2D eigenvalue weighted by molar-refractivity contribution is -0.147. The van der Waals surface area contributed by atoms with Crippen LogP contribution in [0.25, 0.3) is 0 Å². The largest absolute Gasteiger partial charge is 0.467 e. The molecule has 0 saturated heterocycles. The number of aliphatic hydroxyl groups excluding tert-OH is 1. The van der Waals surface area contributed by atoms with Crippen molar-refractivity contribution in [3.8, 4) is 0 Å². The summed E-state index contributed by atoms with van der Waals surface area (Å²) in [4.78, 5) is 10.9. The van der Waals surface area contributed by atoms with Crippen molar-refractivity contribution in [2.45, 2.75) is 19.7 Å². The fourth-order valence-corrected chi connectivity index (χ4v) is 2.21. The highest BCUT2D eigenvalue weighted by molar-refractivity contribution is 7.55. The van der Waals surface area contributed by atoms with E-state index in [0.717, 1.165) is 7.11 Å². The van der Waals surface area contributed by atoms with E-state index in [0.29, 0.717) is 0 Å². The molecule has 0 aromatic heterocycles. The molecule has 0 aliphatic carbocycles. The van der Waals surface area contributed by atoms with Crippen molar-refractivity contribution in [3.05, 3.63) is 0 Å². The second kappa shape index (κ2) is 6.14. The Balaban J connectivity index is 4.63. The maximum Gasteiger partial charge on any atom is 0.370 e. The number of rotatable bonds is 6. The summed E-state index contributed by atoms with van der Waals surface area (Å²) < 4.78 is 25.4. The first-order chi connectivity index (χ1) is 6.51. The first kappa shape index (κ1) is 13.6. The molecule has 0 fully saturated rings. The fourth-order valence-electron chi connectivity index (χ4n) is 0.773. The third kappa shape index (κ3) is 3.38. The number of esters is 1. The van der Waals surface area contributed by atoms with Crippen LogP contribution in [0.2, 0.25) is 0 Å². The van der Waals surface area contributed by atoms with Gasteiger partial charge in [-0.15, -0.1) is 0 Å². The van der Waals surface area contributed by atoms with Crippen molar-refractivity contribution in [1.29, 1.82) is 0 Å². The fraction of sp³-hybridized carbons (Fsp3) is 0.857. The maximum absolute atomic E-state index is 11.7. The lowest BCUT2D eigenvalue weighted by atomic mass is 10.7. The zero-order chi connectivity index (χ0) is 11.2. The topological polar surface area (TPSA) is 82.1 Å². The summed E-state index contributed by atoms with van der Waals surface area (Å²) in [5.41, 5.74) is 0. The molecule has 0 aliphatic rings. The van der Waals surface area contributed by atoms with Crippen molar-refractivity contribution in [2.24, 2.45) is 0 Å². The van der Waals surface area contributed by atoms with Gasteiger partial charge in [0.25, 0.3) is 5.85 Å². The van der Waals surface area contributed by atoms with E-state index in [1.54, 1.807) is 13.8 Å². The van der Waals surface area contributed by atoms with E-state index in [2.05, 4.69) is 4.74 Å². The Morgan fingerprint density at radius 1 is 1.36 bits per heavy atom. The minimum atomic E-state index is -3.80. The van der Waals surface area contributed by atoms with E-state index in [1.807, 2.05) is 0 Å². The molecule has 0 aliphatic heterocycles. The normalized spacial score (nSPS) is 13.7. The number of carbonyl (C=O) groups is 1.